The van der Waals surface area contributed by atoms with Crippen LogP contribution in [0.5, 0.6) is 0 Å². The Bertz CT molecular complexity index is 659. The predicted molar refractivity (Wildman–Crippen MR) is 78.7 cm³/mol. The number of benzene rings is 1. The first-order valence-electron chi connectivity index (χ1n) is 7.11. The van der Waals surface area contributed by atoms with Crippen LogP contribution in [0.4, 0.5) is 0 Å². The van der Waals surface area contributed by atoms with Gasteiger partial charge in [0.2, 0.25) is 5.91 Å². The molecule has 7 heteroatoms. The molecule has 2 heterocycles. The molecule has 1 amide bonds. The molecule has 2 aliphatic rings. The molecule has 0 spiro atoms. The van der Waals surface area contributed by atoms with Crippen LogP contribution in [0.25, 0.3) is 0 Å². The summed E-state index contributed by atoms with van der Waals surface area (Å²) in [5, 5.41) is 2.69. The molecule has 3 rings (SSSR count). The van der Waals surface area contributed by atoms with E-state index in [9.17, 15) is 13.2 Å². The minimum absolute atomic E-state index is 0.234. The largest absolute Gasteiger partial charge is 0.353 e. The molecular weight excluding hydrogens is 290 g/mol. The summed E-state index contributed by atoms with van der Waals surface area (Å²) in [6, 6.07) is 7.24. The minimum atomic E-state index is -3.60. The highest BCUT2D eigenvalue weighted by Crippen LogP contribution is 2.24. The number of piperazine rings is 1. The van der Waals surface area contributed by atoms with Crippen molar-refractivity contribution in [2.24, 2.45) is 0 Å². The molecule has 1 N–H and O–H groups in total. The fraction of sp³-hybridized carbons (Fsp3) is 0.500. The van der Waals surface area contributed by atoms with Gasteiger partial charge in [-0.15, -0.1) is 0 Å². The van der Waals surface area contributed by atoms with Gasteiger partial charge in [-0.25, -0.2) is 0 Å². The first-order chi connectivity index (χ1) is 10.00. The first-order valence-corrected chi connectivity index (χ1v) is 8.51. The molecule has 0 radical (unpaired) electrons. The number of fused-ring (bicyclic) bond motifs is 1. The van der Waals surface area contributed by atoms with Crippen molar-refractivity contribution in [3.05, 3.63) is 35.4 Å². The normalized spacial score (nSPS) is 24.4. The Morgan fingerprint density at radius 3 is 2.67 bits per heavy atom. The maximum absolute atomic E-state index is 12.8. The van der Waals surface area contributed by atoms with E-state index in [1.165, 1.54) is 14.2 Å². The number of amides is 1. The number of nitrogens with one attached hydrogen (secondary N) is 1. The molecule has 1 atom stereocenters. The van der Waals surface area contributed by atoms with Crippen LogP contribution in [0.1, 0.15) is 18.1 Å². The quantitative estimate of drug-likeness (QED) is 0.843. The fourth-order valence-corrected chi connectivity index (χ4v) is 4.63. The zero-order valence-electron chi connectivity index (χ0n) is 11.9. The Kier molecular flexibility index (Phi) is 3.73. The second-order valence-electron chi connectivity index (χ2n) is 5.44. The monoisotopic (exact) mass is 309 g/mol. The Labute approximate surface area is 124 Å². The molecule has 0 aromatic heterocycles. The SMILES string of the molecule is CC1C(=O)NCCN1S(=O)(=O)N1CCc2ccccc2C1. The highest BCUT2D eigenvalue weighted by molar-refractivity contribution is 7.86. The van der Waals surface area contributed by atoms with Crippen LogP contribution < -0.4 is 5.32 Å². The lowest BCUT2D eigenvalue weighted by Gasteiger charge is -2.37. The molecule has 0 bridgehead atoms. The molecule has 21 heavy (non-hydrogen) atoms. The number of carbonyl (C=O) groups is 1. The van der Waals surface area contributed by atoms with Gasteiger partial charge in [0.05, 0.1) is 0 Å². The third-order valence-corrected chi connectivity index (χ3v) is 6.22. The minimum Gasteiger partial charge on any atom is -0.353 e. The van der Waals surface area contributed by atoms with Crippen LogP contribution in [0.15, 0.2) is 24.3 Å². The third kappa shape index (κ3) is 2.56. The number of rotatable bonds is 2. The van der Waals surface area contributed by atoms with Crippen molar-refractivity contribution in [1.29, 1.82) is 0 Å². The molecule has 114 valence electrons. The van der Waals surface area contributed by atoms with Gasteiger partial charge in [0.15, 0.2) is 0 Å². The number of nitrogens with zero attached hydrogens (tertiary/aromatic N) is 2. The van der Waals surface area contributed by atoms with E-state index in [0.717, 1.165) is 5.56 Å². The maximum Gasteiger partial charge on any atom is 0.283 e. The van der Waals surface area contributed by atoms with Gasteiger partial charge >= 0.3 is 0 Å². The molecule has 1 fully saturated rings. The summed E-state index contributed by atoms with van der Waals surface area (Å²) in [6.45, 7) is 3.16. The average molecular weight is 309 g/mol. The van der Waals surface area contributed by atoms with Crippen LogP contribution in [-0.4, -0.2) is 48.6 Å². The van der Waals surface area contributed by atoms with Gasteiger partial charge in [0, 0.05) is 26.2 Å². The lowest BCUT2D eigenvalue weighted by atomic mass is 10.0. The third-order valence-electron chi connectivity index (χ3n) is 4.16. The predicted octanol–water partition coefficient (Wildman–Crippen LogP) is 0.110. The van der Waals surface area contributed by atoms with Crippen LogP contribution in [-0.2, 0) is 28.0 Å². The highest BCUT2D eigenvalue weighted by atomic mass is 32.2. The van der Waals surface area contributed by atoms with Gasteiger partial charge < -0.3 is 5.32 Å². The van der Waals surface area contributed by atoms with Gasteiger partial charge in [0.25, 0.3) is 10.2 Å². The van der Waals surface area contributed by atoms with Crippen LogP contribution in [0.3, 0.4) is 0 Å². The van der Waals surface area contributed by atoms with E-state index in [4.69, 9.17) is 0 Å². The Balaban J connectivity index is 1.85. The van der Waals surface area contributed by atoms with E-state index in [1.54, 1.807) is 6.92 Å². The molecule has 0 aliphatic carbocycles. The summed E-state index contributed by atoms with van der Waals surface area (Å²) < 4.78 is 28.3. The van der Waals surface area contributed by atoms with Crippen LogP contribution in [0, 0.1) is 0 Å². The van der Waals surface area contributed by atoms with Crippen molar-refractivity contribution in [3.8, 4) is 0 Å². The summed E-state index contributed by atoms with van der Waals surface area (Å²) in [5.74, 6) is -0.234. The van der Waals surface area contributed by atoms with Gasteiger partial charge in [-0.3, -0.25) is 4.79 Å². The summed E-state index contributed by atoms with van der Waals surface area (Å²) in [7, 11) is -3.60. The van der Waals surface area contributed by atoms with E-state index < -0.39 is 16.3 Å². The zero-order valence-corrected chi connectivity index (χ0v) is 12.8. The maximum atomic E-state index is 12.8. The van der Waals surface area contributed by atoms with E-state index in [1.807, 2.05) is 24.3 Å². The Morgan fingerprint density at radius 2 is 1.90 bits per heavy atom. The first kappa shape index (κ1) is 14.5. The van der Waals surface area contributed by atoms with Crippen molar-refractivity contribution < 1.29 is 13.2 Å². The van der Waals surface area contributed by atoms with E-state index in [2.05, 4.69) is 5.32 Å². The highest BCUT2D eigenvalue weighted by Gasteiger charge is 2.39. The lowest BCUT2D eigenvalue weighted by molar-refractivity contribution is -0.126. The van der Waals surface area contributed by atoms with Crippen molar-refractivity contribution >= 4 is 16.1 Å². The second-order valence-corrected chi connectivity index (χ2v) is 7.32. The summed E-state index contributed by atoms with van der Waals surface area (Å²) in [6.07, 6.45) is 0.712. The van der Waals surface area contributed by atoms with Crippen molar-refractivity contribution in [1.82, 2.24) is 13.9 Å². The van der Waals surface area contributed by atoms with Gasteiger partial charge in [0.1, 0.15) is 6.04 Å². The van der Waals surface area contributed by atoms with Crippen molar-refractivity contribution in [2.75, 3.05) is 19.6 Å². The van der Waals surface area contributed by atoms with E-state index in [0.29, 0.717) is 32.6 Å². The standard InChI is InChI=1S/C14H19N3O3S/c1-11-14(18)15-7-9-17(11)21(19,20)16-8-6-12-4-2-3-5-13(12)10-16/h2-5,11H,6-10H2,1H3,(H,15,18). The molecular formula is C14H19N3O3S. The smallest absolute Gasteiger partial charge is 0.283 e. The zero-order chi connectivity index (χ0) is 15.0. The van der Waals surface area contributed by atoms with Gasteiger partial charge in [-0.2, -0.15) is 17.0 Å². The summed E-state index contributed by atoms with van der Waals surface area (Å²) >= 11 is 0. The number of hydrogen-bond donors (Lipinski definition) is 1. The molecule has 1 saturated heterocycles. The summed E-state index contributed by atoms with van der Waals surface area (Å²) in [4.78, 5) is 11.7. The number of carbonyl (C=O) groups excluding carboxylic acids is 1. The molecule has 0 saturated carbocycles. The molecule has 1 aromatic carbocycles. The molecule has 2 aliphatic heterocycles. The molecule has 1 unspecified atom stereocenters. The van der Waals surface area contributed by atoms with Gasteiger partial charge in [-0.05, 0) is 24.5 Å². The van der Waals surface area contributed by atoms with Crippen LogP contribution >= 0.6 is 0 Å². The second kappa shape index (κ2) is 5.40. The van der Waals surface area contributed by atoms with Crippen LogP contribution in [0.2, 0.25) is 0 Å². The fourth-order valence-electron chi connectivity index (χ4n) is 2.89. The van der Waals surface area contributed by atoms with Crippen molar-refractivity contribution in [2.45, 2.75) is 25.9 Å². The Hall–Kier alpha value is -1.44. The van der Waals surface area contributed by atoms with E-state index in [-0.39, 0.29) is 5.91 Å². The average Bonchev–Trinajstić information content (AvgIpc) is 2.49. The van der Waals surface area contributed by atoms with Gasteiger partial charge in [-0.1, -0.05) is 24.3 Å². The molecule has 6 nitrogen and oxygen atoms in total. The lowest BCUT2D eigenvalue weighted by Crippen LogP contribution is -2.59. The molecule has 1 aromatic rings. The topological polar surface area (TPSA) is 69.7 Å². The van der Waals surface area contributed by atoms with Crippen molar-refractivity contribution in [3.63, 3.8) is 0 Å². The van der Waals surface area contributed by atoms with E-state index >= 15 is 0 Å². The number of hydrogen-bond acceptors (Lipinski definition) is 3. The summed E-state index contributed by atoms with van der Waals surface area (Å²) in [5.41, 5.74) is 2.25. The Morgan fingerprint density at radius 1 is 1.19 bits per heavy atom.